The molecule has 0 aliphatic heterocycles. The minimum Gasteiger partial charge on any atom is -0.493 e. The standard InChI is InChI=1S/C20H29ClN2O6/c1-11(2)7-8-28-17-15(21)9-14(10-16(17)27-6)19(25)29-13(5)18(24)23-20(26)22-12(3)4/h9-13H,7-8H2,1-6H3,(H2,22,23,24,26)/t13-/m0/s1. The predicted molar refractivity (Wildman–Crippen MR) is 110 cm³/mol. The number of imide groups is 1. The highest BCUT2D eigenvalue weighted by Gasteiger charge is 2.23. The number of methoxy groups -OCH3 is 1. The van der Waals surface area contributed by atoms with Crippen LogP contribution in [0.25, 0.3) is 0 Å². The van der Waals surface area contributed by atoms with Gasteiger partial charge in [-0.25, -0.2) is 9.59 Å². The van der Waals surface area contributed by atoms with Crippen molar-refractivity contribution in [3.05, 3.63) is 22.7 Å². The quantitative estimate of drug-likeness (QED) is 0.583. The van der Waals surface area contributed by atoms with E-state index in [2.05, 4.69) is 24.5 Å². The maximum absolute atomic E-state index is 12.4. The first-order valence-corrected chi connectivity index (χ1v) is 9.75. The molecule has 1 aromatic carbocycles. The number of hydrogen-bond donors (Lipinski definition) is 2. The highest BCUT2D eigenvalue weighted by Crippen LogP contribution is 2.37. The lowest BCUT2D eigenvalue weighted by Crippen LogP contribution is -2.46. The summed E-state index contributed by atoms with van der Waals surface area (Å²) in [6.45, 7) is 9.46. The molecule has 0 aliphatic carbocycles. The topological polar surface area (TPSA) is 103 Å². The Morgan fingerprint density at radius 3 is 2.31 bits per heavy atom. The van der Waals surface area contributed by atoms with Crippen molar-refractivity contribution in [2.45, 2.75) is 53.2 Å². The summed E-state index contributed by atoms with van der Waals surface area (Å²) in [5, 5.41) is 4.80. The van der Waals surface area contributed by atoms with Crippen LogP contribution < -0.4 is 20.1 Å². The Bertz CT molecular complexity index is 736. The fourth-order valence-electron chi connectivity index (χ4n) is 2.17. The Balaban J connectivity index is 2.82. The molecule has 0 aliphatic rings. The zero-order chi connectivity index (χ0) is 22.1. The molecule has 3 amide bonds. The maximum Gasteiger partial charge on any atom is 0.339 e. The molecule has 1 rings (SSSR count). The van der Waals surface area contributed by atoms with Crippen LogP contribution in [-0.4, -0.2) is 43.8 Å². The number of urea groups is 1. The highest BCUT2D eigenvalue weighted by molar-refractivity contribution is 6.32. The molecule has 0 aromatic heterocycles. The molecule has 0 radical (unpaired) electrons. The van der Waals surface area contributed by atoms with Gasteiger partial charge in [0, 0.05) is 6.04 Å². The van der Waals surface area contributed by atoms with Crippen molar-refractivity contribution in [2.75, 3.05) is 13.7 Å². The number of esters is 1. The average molecular weight is 429 g/mol. The van der Waals surface area contributed by atoms with Gasteiger partial charge in [0.15, 0.2) is 17.6 Å². The molecule has 1 atom stereocenters. The number of benzene rings is 1. The van der Waals surface area contributed by atoms with Crippen molar-refractivity contribution in [1.29, 1.82) is 0 Å². The molecule has 0 unspecified atom stereocenters. The third-order valence-corrected chi connectivity index (χ3v) is 4.00. The predicted octanol–water partition coefficient (Wildman–Crippen LogP) is 3.55. The Morgan fingerprint density at radius 1 is 1.10 bits per heavy atom. The van der Waals surface area contributed by atoms with Crippen LogP contribution in [-0.2, 0) is 9.53 Å². The molecule has 162 valence electrons. The zero-order valence-corrected chi connectivity index (χ0v) is 18.4. The van der Waals surface area contributed by atoms with E-state index < -0.39 is 24.0 Å². The fourth-order valence-corrected chi connectivity index (χ4v) is 2.43. The lowest BCUT2D eigenvalue weighted by Gasteiger charge is -2.16. The van der Waals surface area contributed by atoms with Gasteiger partial charge in [-0.3, -0.25) is 10.1 Å². The van der Waals surface area contributed by atoms with E-state index >= 15 is 0 Å². The SMILES string of the molecule is COc1cc(C(=O)O[C@@H](C)C(=O)NC(=O)NC(C)C)cc(Cl)c1OCCC(C)C. The van der Waals surface area contributed by atoms with Gasteiger partial charge < -0.3 is 19.5 Å². The number of nitrogens with one attached hydrogen (secondary N) is 2. The second kappa shape index (κ2) is 11.5. The van der Waals surface area contributed by atoms with E-state index in [0.29, 0.717) is 18.3 Å². The maximum atomic E-state index is 12.4. The number of rotatable bonds is 9. The highest BCUT2D eigenvalue weighted by atomic mass is 35.5. The average Bonchev–Trinajstić information content (AvgIpc) is 2.61. The number of hydrogen-bond acceptors (Lipinski definition) is 6. The third kappa shape index (κ3) is 8.19. The molecule has 0 bridgehead atoms. The molecule has 8 nitrogen and oxygen atoms in total. The minimum absolute atomic E-state index is 0.0920. The van der Waals surface area contributed by atoms with Crippen molar-refractivity contribution in [2.24, 2.45) is 5.92 Å². The van der Waals surface area contributed by atoms with Gasteiger partial charge in [-0.05, 0) is 45.2 Å². The molecule has 2 N–H and O–H groups in total. The lowest BCUT2D eigenvalue weighted by molar-refractivity contribution is -0.127. The van der Waals surface area contributed by atoms with Gasteiger partial charge in [0.05, 0.1) is 24.3 Å². The smallest absolute Gasteiger partial charge is 0.339 e. The Labute approximate surface area is 176 Å². The Hall–Kier alpha value is -2.48. The van der Waals surface area contributed by atoms with E-state index in [0.717, 1.165) is 6.42 Å². The number of amides is 3. The summed E-state index contributed by atoms with van der Waals surface area (Å²) in [5.74, 6) is -0.456. The molecule has 0 saturated carbocycles. The van der Waals surface area contributed by atoms with Crippen LogP contribution in [0.2, 0.25) is 5.02 Å². The number of carbonyl (C=O) groups is 3. The van der Waals surface area contributed by atoms with Gasteiger partial charge in [0.1, 0.15) is 0 Å². The first-order valence-electron chi connectivity index (χ1n) is 9.37. The fraction of sp³-hybridized carbons (Fsp3) is 0.550. The molecule has 29 heavy (non-hydrogen) atoms. The van der Waals surface area contributed by atoms with Gasteiger partial charge in [0.2, 0.25) is 0 Å². The van der Waals surface area contributed by atoms with Gasteiger partial charge in [0.25, 0.3) is 5.91 Å². The van der Waals surface area contributed by atoms with E-state index in [1.165, 1.54) is 26.2 Å². The monoisotopic (exact) mass is 428 g/mol. The second-order valence-electron chi connectivity index (χ2n) is 7.19. The van der Waals surface area contributed by atoms with E-state index in [4.69, 9.17) is 25.8 Å². The van der Waals surface area contributed by atoms with Crippen LogP contribution in [0.3, 0.4) is 0 Å². The summed E-state index contributed by atoms with van der Waals surface area (Å²) in [4.78, 5) is 36.0. The van der Waals surface area contributed by atoms with Gasteiger partial charge >= 0.3 is 12.0 Å². The van der Waals surface area contributed by atoms with Gasteiger partial charge in [-0.1, -0.05) is 25.4 Å². The normalized spacial score (nSPS) is 11.8. The van der Waals surface area contributed by atoms with Crippen molar-refractivity contribution < 1.29 is 28.6 Å². The minimum atomic E-state index is -1.19. The van der Waals surface area contributed by atoms with Crippen LogP contribution in [0.4, 0.5) is 4.79 Å². The molecule has 0 heterocycles. The number of halogens is 1. The van der Waals surface area contributed by atoms with Gasteiger partial charge in [-0.15, -0.1) is 0 Å². The number of ether oxygens (including phenoxy) is 3. The Morgan fingerprint density at radius 2 is 1.76 bits per heavy atom. The van der Waals surface area contributed by atoms with Gasteiger partial charge in [-0.2, -0.15) is 0 Å². The van der Waals surface area contributed by atoms with Crippen molar-refractivity contribution in [1.82, 2.24) is 10.6 Å². The summed E-state index contributed by atoms with van der Waals surface area (Å²) < 4.78 is 16.1. The third-order valence-electron chi connectivity index (χ3n) is 3.72. The molecular weight excluding hydrogens is 400 g/mol. The zero-order valence-electron chi connectivity index (χ0n) is 17.6. The summed E-state index contributed by atoms with van der Waals surface area (Å²) in [5.41, 5.74) is 0.0920. The number of carbonyl (C=O) groups excluding carboxylic acids is 3. The summed E-state index contributed by atoms with van der Waals surface area (Å²) in [7, 11) is 1.43. The molecular formula is C20H29ClN2O6. The van der Waals surface area contributed by atoms with E-state index in [9.17, 15) is 14.4 Å². The molecule has 0 saturated heterocycles. The van der Waals surface area contributed by atoms with Crippen LogP contribution in [0.5, 0.6) is 11.5 Å². The van der Waals surface area contributed by atoms with E-state index in [-0.39, 0.29) is 22.4 Å². The Kier molecular flexibility index (Phi) is 9.74. The molecule has 0 fully saturated rings. The van der Waals surface area contributed by atoms with Crippen molar-refractivity contribution >= 4 is 29.5 Å². The van der Waals surface area contributed by atoms with Crippen molar-refractivity contribution in [3.8, 4) is 11.5 Å². The first kappa shape index (κ1) is 24.6. The van der Waals surface area contributed by atoms with E-state index in [1.807, 2.05) is 0 Å². The molecule has 1 aromatic rings. The van der Waals surface area contributed by atoms with Crippen molar-refractivity contribution in [3.63, 3.8) is 0 Å². The van der Waals surface area contributed by atoms with E-state index in [1.54, 1.807) is 13.8 Å². The first-order chi connectivity index (χ1) is 13.5. The van der Waals surface area contributed by atoms with Crippen LogP contribution in [0.1, 0.15) is 51.4 Å². The van der Waals surface area contributed by atoms with Crippen LogP contribution in [0.15, 0.2) is 12.1 Å². The second-order valence-corrected chi connectivity index (χ2v) is 7.59. The summed E-state index contributed by atoms with van der Waals surface area (Å²) >= 11 is 6.24. The summed E-state index contributed by atoms with van der Waals surface area (Å²) in [6, 6.07) is 2.00. The lowest BCUT2D eigenvalue weighted by atomic mass is 10.1. The molecule has 9 heteroatoms. The van der Waals surface area contributed by atoms with Crippen LogP contribution in [0, 0.1) is 5.92 Å². The molecule has 0 spiro atoms. The van der Waals surface area contributed by atoms with Crippen LogP contribution >= 0.6 is 11.6 Å². The largest absolute Gasteiger partial charge is 0.493 e. The summed E-state index contributed by atoms with van der Waals surface area (Å²) in [6.07, 6.45) is -0.354.